The van der Waals surface area contributed by atoms with Gasteiger partial charge in [-0.1, -0.05) is 6.92 Å². The van der Waals surface area contributed by atoms with Gasteiger partial charge in [0.25, 0.3) is 0 Å². The van der Waals surface area contributed by atoms with Crippen molar-refractivity contribution in [1.29, 1.82) is 0 Å². The van der Waals surface area contributed by atoms with Crippen LogP contribution >= 0.6 is 15.9 Å². The molecular formula is C12H19BrN4. The number of nitrogens with zero attached hydrogens (tertiary/aromatic N) is 4. The van der Waals surface area contributed by atoms with Gasteiger partial charge in [-0.15, -0.1) is 0 Å². The Morgan fingerprint density at radius 3 is 2.53 bits per heavy atom. The number of likely N-dealkylation sites (N-methyl/N-ethyl adjacent to an activating group) is 1. The molecule has 4 nitrogen and oxygen atoms in total. The maximum Gasteiger partial charge on any atom is 0.146 e. The summed E-state index contributed by atoms with van der Waals surface area (Å²) < 4.78 is 0.976. The SMILES string of the molecule is CCN1[C@H](C)CN(c2ncncc2Br)C[C@@H]1C. The van der Waals surface area contributed by atoms with Gasteiger partial charge in [0.2, 0.25) is 0 Å². The second-order valence-corrected chi connectivity index (χ2v) is 5.48. The third kappa shape index (κ3) is 2.60. The molecule has 0 aliphatic carbocycles. The molecule has 0 N–H and O–H groups in total. The Morgan fingerprint density at radius 1 is 1.35 bits per heavy atom. The van der Waals surface area contributed by atoms with E-state index in [0.717, 1.165) is 29.9 Å². The predicted molar refractivity (Wildman–Crippen MR) is 73.2 cm³/mol. The van der Waals surface area contributed by atoms with Crippen LogP contribution in [0.5, 0.6) is 0 Å². The first-order chi connectivity index (χ1) is 8.13. The molecule has 0 bridgehead atoms. The molecule has 0 radical (unpaired) electrons. The van der Waals surface area contributed by atoms with Crippen molar-refractivity contribution in [3.8, 4) is 0 Å². The molecule has 0 spiro atoms. The standard InChI is InChI=1S/C12H19BrN4/c1-4-17-9(2)6-16(7-10(17)3)12-11(13)5-14-8-15-12/h5,8-10H,4,6-7H2,1-3H3/t9-,10+. The molecule has 1 aliphatic rings. The van der Waals surface area contributed by atoms with Crippen LogP contribution < -0.4 is 4.90 Å². The first-order valence-corrected chi connectivity index (χ1v) is 6.89. The van der Waals surface area contributed by atoms with Gasteiger partial charge in [0, 0.05) is 31.4 Å². The zero-order chi connectivity index (χ0) is 12.4. The molecule has 1 aromatic heterocycles. The molecule has 2 rings (SSSR count). The van der Waals surface area contributed by atoms with E-state index in [1.807, 2.05) is 6.20 Å². The molecule has 0 aromatic carbocycles. The number of hydrogen-bond donors (Lipinski definition) is 0. The Morgan fingerprint density at radius 2 is 2.00 bits per heavy atom. The molecule has 1 aliphatic heterocycles. The summed E-state index contributed by atoms with van der Waals surface area (Å²) in [6.07, 6.45) is 3.42. The monoisotopic (exact) mass is 298 g/mol. The van der Waals surface area contributed by atoms with Crippen molar-refractivity contribution in [2.75, 3.05) is 24.5 Å². The van der Waals surface area contributed by atoms with E-state index in [1.165, 1.54) is 0 Å². The van der Waals surface area contributed by atoms with E-state index in [2.05, 4.69) is 56.5 Å². The largest absolute Gasteiger partial charge is 0.352 e. The fourth-order valence-corrected chi connectivity index (χ4v) is 3.16. The highest BCUT2D eigenvalue weighted by Gasteiger charge is 2.29. The van der Waals surface area contributed by atoms with E-state index in [1.54, 1.807) is 6.33 Å². The number of halogens is 1. The van der Waals surface area contributed by atoms with Crippen molar-refractivity contribution in [3.63, 3.8) is 0 Å². The van der Waals surface area contributed by atoms with Crippen molar-refractivity contribution in [1.82, 2.24) is 14.9 Å². The quantitative estimate of drug-likeness (QED) is 0.837. The van der Waals surface area contributed by atoms with Crippen LogP contribution in [-0.4, -0.2) is 46.6 Å². The first-order valence-electron chi connectivity index (χ1n) is 6.09. The second kappa shape index (κ2) is 5.31. The van der Waals surface area contributed by atoms with E-state index in [4.69, 9.17) is 0 Å². The van der Waals surface area contributed by atoms with Gasteiger partial charge < -0.3 is 4.90 Å². The van der Waals surface area contributed by atoms with Gasteiger partial charge >= 0.3 is 0 Å². The van der Waals surface area contributed by atoms with Crippen molar-refractivity contribution in [2.24, 2.45) is 0 Å². The summed E-state index contributed by atoms with van der Waals surface area (Å²) in [5, 5.41) is 0. The summed E-state index contributed by atoms with van der Waals surface area (Å²) in [5.41, 5.74) is 0. The molecule has 2 heterocycles. The summed E-state index contributed by atoms with van der Waals surface area (Å²) in [5.74, 6) is 1.01. The molecule has 1 saturated heterocycles. The van der Waals surface area contributed by atoms with Gasteiger partial charge in [-0.05, 0) is 36.3 Å². The van der Waals surface area contributed by atoms with Gasteiger partial charge in [0.15, 0.2) is 0 Å². The zero-order valence-electron chi connectivity index (χ0n) is 10.6. The molecule has 0 unspecified atom stereocenters. The van der Waals surface area contributed by atoms with E-state index < -0.39 is 0 Å². The maximum atomic E-state index is 4.37. The van der Waals surface area contributed by atoms with E-state index >= 15 is 0 Å². The first kappa shape index (κ1) is 12.8. The highest BCUT2D eigenvalue weighted by molar-refractivity contribution is 9.10. The van der Waals surface area contributed by atoms with Crippen LogP contribution in [0.25, 0.3) is 0 Å². The highest BCUT2D eigenvalue weighted by Crippen LogP contribution is 2.26. The third-order valence-corrected chi connectivity index (χ3v) is 3.97. The van der Waals surface area contributed by atoms with Gasteiger partial charge in [-0.3, -0.25) is 4.90 Å². The van der Waals surface area contributed by atoms with E-state index in [0.29, 0.717) is 12.1 Å². The van der Waals surface area contributed by atoms with Crippen molar-refractivity contribution in [2.45, 2.75) is 32.9 Å². The second-order valence-electron chi connectivity index (χ2n) is 4.63. The lowest BCUT2D eigenvalue weighted by Crippen LogP contribution is -2.56. The van der Waals surface area contributed by atoms with Crippen LogP contribution in [0.4, 0.5) is 5.82 Å². The number of piperazine rings is 1. The summed E-state index contributed by atoms with van der Waals surface area (Å²) >= 11 is 3.52. The normalized spacial score (nSPS) is 26.2. The number of anilines is 1. The van der Waals surface area contributed by atoms with Crippen LogP contribution in [-0.2, 0) is 0 Å². The minimum atomic E-state index is 0.561. The van der Waals surface area contributed by atoms with Crippen LogP contribution in [0.2, 0.25) is 0 Å². The molecule has 17 heavy (non-hydrogen) atoms. The molecular weight excluding hydrogens is 280 g/mol. The number of rotatable bonds is 2. The van der Waals surface area contributed by atoms with Crippen molar-refractivity contribution < 1.29 is 0 Å². The number of aromatic nitrogens is 2. The Bertz CT molecular complexity index is 373. The van der Waals surface area contributed by atoms with Crippen LogP contribution in [0.1, 0.15) is 20.8 Å². The van der Waals surface area contributed by atoms with Crippen molar-refractivity contribution in [3.05, 3.63) is 17.0 Å². The summed E-state index contributed by atoms with van der Waals surface area (Å²) in [7, 11) is 0. The Kier molecular flexibility index (Phi) is 3.99. The van der Waals surface area contributed by atoms with E-state index in [-0.39, 0.29) is 0 Å². The summed E-state index contributed by atoms with van der Waals surface area (Å²) in [6, 6.07) is 1.12. The lowest BCUT2D eigenvalue weighted by atomic mass is 10.1. The highest BCUT2D eigenvalue weighted by atomic mass is 79.9. The molecule has 5 heteroatoms. The van der Waals surface area contributed by atoms with Gasteiger partial charge in [-0.2, -0.15) is 0 Å². The molecule has 2 atom stereocenters. The molecule has 1 aromatic rings. The minimum absolute atomic E-state index is 0.561. The maximum absolute atomic E-state index is 4.37. The molecule has 94 valence electrons. The van der Waals surface area contributed by atoms with Crippen LogP contribution in [0.3, 0.4) is 0 Å². The van der Waals surface area contributed by atoms with Crippen molar-refractivity contribution >= 4 is 21.7 Å². The third-order valence-electron chi connectivity index (χ3n) is 3.41. The van der Waals surface area contributed by atoms with Gasteiger partial charge in [0.05, 0.1) is 4.47 Å². The smallest absolute Gasteiger partial charge is 0.146 e. The predicted octanol–water partition coefficient (Wildman–Crippen LogP) is 2.16. The van der Waals surface area contributed by atoms with Gasteiger partial charge in [-0.25, -0.2) is 9.97 Å². The molecule has 0 amide bonds. The van der Waals surface area contributed by atoms with Crippen LogP contribution in [0.15, 0.2) is 17.0 Å². The fourth-order valence-electron chi connectivity index (χ4n) is 2.69. The minimum Gasteiger partial charge on any atom is -0.352 e. The Labute approximate surface area is 111 Å². The van der Waals surface area contributed by atoms with Crippen LogP contribution in [0, 0.1) is 0 Å². The average Bonchev–Trinajstić information content (AvgIpc) is 2.29. The lowest BCUT2D eigenvalue weighted by Gasteiger charge is -2.44. The van der Waals surface area contributed by atoms with E-state index in [9.17, 15) is 0 Å². The zero-order valence-corrected chi connectivity index (χ0v) is 12.2. The Hall–Kier alpha value is -0.680. The fraction of sp³-hybridized carbons (Fsp3) is 0.667. The topological polar surface area (TPSA) is 32.3 Å². The Balaban J connectivity index is 2.18. The summed E-state index contributed by atoms with van der Waals surface area (Å²) in [6.45, 7) is 9.94. The molecule has 0 saturated carbocycles. The number of hydrogen-bond acceptors (Lipinski definition) is 4. The van der Waals surface area contributed by atoms with Gasteiger partial charge in [0.1, 0.15) is 12.1 Å². The molecule has 1 fully saturated rings. The average molecular weight is 299 g/mol. The summed E-state index contributed by atoms with van der Waals surface area (Å²) in [4.78, 5) is 13.3. The lowest BCUT2D eigenvalue weighted by molar-refractivity contribution is 0.139.